The van der Waals surface area contributed by atoms with E-state index in [1.807, 2.05) is 152 Å². The van der Waals surface area contributed by atoms with Gasteiger partial charge in [0.15, 0.2) is 0 Å². The van der Waals surface area contributed by atoms with Gasteiger partial charge in [0.05, 0.1) is 33.0 Å². The van der Waals surface area contributed by atoms with Crippen molar-refractivity contribution in [3.05, 3.63) is 192 Å². The Hall–Kier alpha value is -4.40. The second kappa shape index (κ2) is 17.3. The summed E-state index contributed by atoms with van der Waals surface area (Å²) >= 11 is 0. The van der Waals surface area contributed by atoms with Crippen molar-refractivity contribution in [1.29, 1.82) is 0 Å². The molecule has 1 fully saturated rings. The average Bonchev–Trinajstić information content (AvgIpc) is 3.17. The second-order valence-electron chi connectivity index (χ2n) is 12.3. The van der Waals surface area contributed by atoms with Gasteiger partial charge in [0.1, 0.15) is 36.1 Å². The van der Waals surface area contributed by atoms with Crippen LogP contribution in [0.15, 0.2) is 164 Å². The van der Waals surface area contributed by atoms with Crippen molar-refractivity contribution >= 4 is 0 Å². The van der Waals surface area contributed by atoms with Crippen molar-refractivity contribution in [2.45, 2.75) is 69.2 Å². The Balaban J connectivity index is 1.41. The number of rotatable bonds is 16. The summed E-state index contributed by atoms with van der Waals surface area (Å²) < 4.78 is 33.7. The van der Waals surface area contributed by atoms with E-state index in [0.29, 0.717) is 6.61 Å². The molecule has 2 unspecified atom stereocenters. The SMILES string of the molecule is C=CC1(O)[C@H](OCc2ccccc2)[C@@H](OCc2ccccc2)C(OCc2ccccc2)[C@@H](OCc2ccccc2)[C@@H]1OCc1ccccc1. The molecule has 0 aliphatic heterocycles. The van der Waals surface area contributed by atoms with Gasteiger partial charge in [-0.2, -0.15) is 0 Å². The highest BCUT2D eigenvalue weighted by Crippen LogP contribution is 2.41. The standard InChI is InChI=1S/C43H44O6/c1-2-43(44)41(48-31-36-24-14-6-15-25-36)39(46-29-34-20-10-4-11-21-34)38(45-28-33-18-8-3-9-19-33)40(47-30-35-22-12-5-13-23-35)42(43)49-32-37-26-16-7-17-27-37/h2-27,38-42,44H,1,28-32H2/t38?,39-,40+,41+,42-,43?. The van der Waals surface area contributed by atoms with Gasteiger partial charge in [-0.1, -0.05) is 158 Å². The van der Waals surface area contributed by atoms with E-state index in [4.69, 9.17) is 23.7 Å². The van der Waals surface area contributed by atoms with Crippen LogP contribution in [-0.2, 0) is 56.7 Å². The van der Waals surface area contributed by atoms with E-state index in [0.717, 1.165) is 27.8 Å². The lowest BCUT2D eigenvalue weighted by Gasteiger charge is -2.53. The minimum Gasteiger partial charge on any atom is -0.380 e. The van der Waals surface area contributed by atoms with Gasteiger partial charge < -0.3 is 28.8 Å². The molecule has 6 heteroatoms. The molecule has 6 rings (SSSR count). The highest BCUT2D eigenvalue weighted by molar-refractivity contribution is 5.23. The van der Waals surface area contributed by atoms with Crippen molar-refractivity contribution in [3.63, 3.8) is 0 Å². The van der Waals surface area contributed by atoms with Crippen LogP contribution in [0.2, 0.25) is 0 Å². The predicted molar refractivity (Wildman–Crippen MR) is 190 cm³/mol. The first kappa shape index (κ1) is 34.5. The molecule has 5 aromatic rings. The molecule has 0 saturated heterocycles. The minimum atomic E-state index is -1.72. The summed E-state index contributed by atoms with van der Waals surface area (Å²) in [5.41, 5.74) is 3.16. The van der Waals surface area contributed by atoms with Gasteiger partial charge in [-0.05, 0) is 27.8 Å². The van der Waals surface area contributed by atoms with Crippen molar-refractivity contribution in [2.24, 2.45) is 0 Å². The Labute approximate surface area is 289 Å². The second-order valence-corrected chi connectivity index (χ2v) is 12.3. The maximum Gasteiger partial charge on any atom is 0.140 e. The molecular formula is C43H44O6. The molecule has 1 aliphatic carbocycles. The summed E-state index contributed by atoms with van der Waals surface area (Å²) in [7, 11) is 0. The van der Waals surface area contributed by atoms with Crippen molar-refractivity contribution in [2.75, 3.05) is 0 Å². The third-order valence-corrected chi connectivity index (χ3v) is 8.88. The molecule has 49 heavy (non-hydrogen) atoms. The first-order valence-corrected chi connectivity index (χ1v) is 16.8. The predicted octanol–water partition coefficient (Wildman–Crippen LogP) is 7.84. The molecule has 5 aromatic carbocycles. The van der Waals surface area contributed by atoms with E-state index in [1.165, 1.54) is 6.08 Å². The quantitative estimate of drug-likeness (QED) is 0.109. The average molecular weight is 657 g/mol. The zero-order valence-corrected chi connectivity index (χ0v) is 27.6. The molecule has 1 aliphatic rings. The summed E-state index contributed by atoms with van der Waals surface area (Å²) in [6, 6.07) is 49.7. The van der Waals surface area contributed by atoms with Gasteiger partial charge in [-0.25, -0.2) is 0 Å². The third kappa shape index (κ3) is 8.99. The Kier molecular flexibility index (Phi) is 12.2. The minimum absolute atomic E-state index is 0.235. The zero-order valence-electron chi connectivity index (χ0n) is 27.6. The topological polar surface area (TPSA) is 66.4 Å². The smallest absolute Gasteiger partial charge is 0.140 e. The molecule has 0 heterocycles. The van der Waals surface area contributed by atoms with E-state index in [9.17, 15) is 5.11 Å². The Morgan fingerprint density at radius 2 is 0.653 bits per heavy atom. The van der Waals surface area contributed by atoms with Gasteiger partial charge in [-0.3, -0.25) is 0 Å². The molecular weight excluding hydrogens is 612 g/mol. The maximum absolute atomic E-state index is 12.8. The van der Waals surface area contributed by atoms with E-state index >= 15 is 0 Å². The number of benzene rings is 5. The summed E-state index contributed by atoms with van der Waals surface area (Å²) in [6.45, 7) is 5.44. The molecule has 1 saturated carbocycles. The van der Waals surface area contributed by atoms with Gasteiger partial charge in [0.25, 0.3) is 0 Å². The first-order valence-electron chi connectivity index (χ1n) is 16.8. The lowest BCUT2D eigenvalue weighted by atomic mass is 9.74. The largest absolute Gasteiger partial charge is 0.380 e. The molecule has 6 nitrogen and oxygen atoms in total. The Bertz CT molecular complexity index is 1570. The fraction of sp³-hybridized carbons (Fsp3) is 0.256. The van der Waals surface area contributed by atoms with Gasteiger partial charge in [-0.15, -0.1) is 6.58 Å². The summed E-state index contributed by atoms with van der Waals surface area (Å²) in [5, 5.41) is 12.8. The highest BCUT2D eigenvalue weighted by Gasteiger charge is 2.61. The number of hydrogen-bond acceptors (Lipinski definition) is 6. The summed E-state index contributed by atoms with van der Waals surface area (Å²) in [4.78, 5) is 0. The maximum atomic E-state index is 12.8. The molecule has 1 N–H and O–H groups in total. The van der Waals surface area contributed by atoms with Crippen molar-refractivity contribution in [3.8, 4) is 0 Å². The van der Waals surface area contributed by atoms with E-state index in [1.54, 1.807) is 0 Å². The van der Waals surface area contributed by atoms with Crippen molar-refractivity contribution < 1.29 is 28.8 Å². The lowest BCUT2D eigenvalue weighted by molar-refractivity contribution is -0.304. The van der Waals surface area contributed by atoms with Gasteiger partial charge in [0.2, 0.25) is 0 Å². The molecule has 252 valence electrons. The molecule has 0 bridgehead atoms. The number of ether oxygens (including phenoxy) is 5. The Morgan fingerprint density at radius 1 is 0.408 bits per heavy atom. The molecule has 0 radical (unpaired) electrons. The normalized spacial score (nSPS) is 23.6. The first-order chi connectivity index (χ1) is 24.1. The van der Waals surface area contributed by atoms with Crippen LogP contribution in [-0.4, -0.2) is 41.2 Å². The molecule has 0 spiro atoms. The van der Waals surface area contributed by atoms with Crippen LogP contribution in [0.3, 0.4) is 0 Å². The fourth-order valence-electron chi connectivity index (χ4n) is 6.28. The van der Waals surface area contributed by atoms with E-state index < -0.39 is 36.1 Å². The Morgan fingerprint density at radius 3 is 0.918 bits per heavy atom. The van der Waals surface area contributed by atoms with Crippen LogP contribution in [0, 0.1) is 0 Å². The monoisotopic (exact) mass is 656 g/mol. The van der Waals surface area contributed by atoms with Crippen LogP contribution in [0.25, 0.3) is 0 Å². The summed E-state index contributed by atoms with van der Waals surface area (Å²) in [6.07, 6.45) is -2.57. The van der Waals surface area contributed by atoms with Gasteiger partial charge >= 0.3 is 0 Å². The van der Waals surface area contributed by atoms with Crippen LogP contribution in [0.5, 0.6) is 0 Å². The third-order valence-electron chi connectivity index (χ3n) is 8.88. The lowest BCUT2D eigenvalue weighted by Crippen LogP contribution is -2.72. The van der Waals surface area contributed by atoms with E-state index in [-0.39, 0.29) is 26.4 Å². The van der Waals surface area contributed by atoms with Crippen LogP contribution >= 0.6 is 0 Å². The van der Waals surface area contributed by atoms with Crippen LogP contribution < -0.4 is 0 Å². The number of aliphatic hydroxyl groups is 1. The highest BCUT2D eigenvalue weighted by atomic mass is 16.6. The fourth-order valence-corrected chi connectivity index (χ4v) is 6.28. The van der Waals surface area contributed by atoms with Crippen LogP contribution in [0.1, 0.15) is 27.8 Å². The van der Waals surface area contributed by atoms with Crippen molar-refractivity contribution in [1.82, 2.24) is 0 Å². The number of hydrogen-bond donors (Lipinski definition) is 1. The molecule has 0 aromatic heterocycles. The molecule has 0 amide bonds. The zero-order chi connectivity index (χ0) is 33.7. The summed E-state index contributed by atoms with van der Waals surface area (Å²) in [5.74, 6) is 0. The van der Waals surface area contributed by atoms with Gasteiger partial charge in [0, 0.05) is 0 Å². The van der Waals surface area contributed by atoms with E-state index in [2.05, 4.69) is 6.58 Å². The molecule has 6 atom stereocenters. The van der Waals surface area contributed by atoms with Crippen LogP contribution in [0.4, 0.5) is 0 Å².